The van der Waals surface area contributed by atoms with Crippen LogP contribution in [0.5, 0.6) is 0 Å². The van der Waals surface area contributed by atoms with Gasteiger partial charge in [-0.1, -0.05) is 54.6 Å². The number of anilines is 1. The van der Waals surface area contributed by atoms with Crippen molar-refractivity contribution in [3.63, 3.8) is 0 Å². The fourth-order valence-corrected chi connectivity index (χ4v) is 4.94. The summed E-state index contributed by atoms with van der Waals surface area (Å²) in [5, 5.41) is 6.54. The SMILES string of the molecule is CC(=O)C(F)(F)F.O=C(N[C@H](/C=C/C(=O)N1CCc2ccccc21)CCc1ccccc1)C1NC[C@@H]2CC12. The maximum Gasteiger partial charge on any atom is 0.449 e. The van der Waals surface area contributed by atoms with Gasteiger partial charge in [0.25, 0.3) is 5.91 Å². The molecule has 0 aromatic heterocycles. The van der Waals surface area contributed by atoms with E-state index >= 15 is 0 Å². The van der Waals surface area contributed by atoms with E-state index in [4.69, 9.17) is 0 Å². The fraction of sp³-hybridized carbons (Fsp3) is 0.414. The molecule has 2 aromatic carbocycles. The van der Waals surface area contributed by atoms with Crippen molar-refractivity contribution >= 4 is 23.3 Å². The van der Waals surface area contributed by atoms with Crippen LogP contribution in [-0.4, -0.2) is 48.9 Å². The minimum absolute atomic E-state index is 0.0230. The molecule has 9 heteroatoms. The maximum absolute atomic E-state index is 12.9. The number of para-hydroxylation sites is 1. The Bertz CT molecular complexity index is 1180. The van der Waals surface area contributed by atoms with Crippen molar-refractivity contribution in [3.8, 4) is 0 Å². The molecular weight excluding hydrogens is 495 g/mol. The number of alkyl halides is 3. The molecule has 0 spiro atoms. The number of rotatable bonds is 7. The van der Waals surface area contributed by atoms with E-state index in [0.29, 0.717) is 25.3 Å². The van der Waals surface area contributed by atoms with Gasteiger partial charge in [-0.2, -0.15) is 13.2 Å². The highest BCUT2D eigenvalue weighted by Crippen LogP contribution is 2.45. The van der Waals surface area contributed by atoms with Crippen LogP contribution in [0.3, 0.4) is 0 Å². The minimum atomic E-state index is -4.64. The number of carbonyl (C=O) groups excluding carboxylic acids is 3. The van der Waals surface area contributed by atoms with Crippen LogP contribution in [0.25, 0.3) is 0 Å². The van der Waals surface area contributed by atoms with E-state index in [1.165, 1.54) is 11.1 Å². The molecule has 1 saturated heterocycles. The van der Waals surface area contributed by atoms with Crippen LogP contribution >= 0.6 is 0 Å². The highest BCUT2D eigenvalue weighted by molar-refractivity contribution is 6.03. The number of carbonyl (C=O) groups is 3. The van der Waals surface area contributed by atoms with Crippen molar-refractivity contribution in [2.24, 2.45) is 11.8 Å². The molecule has 2 amide bonds. The molecule has 6 nitrogen and oxygen atoms in total. The molecule has 2 unspecified atom stereocenters. The van der Waals surface area contributed by atoms with Gasteiger partial charge in [0.15, 0.2) is 0 Å². The summed E-state index contributed by atoms with van der Waals surface area (Å²) in [7, 11) is 0. The molecule has 5 rings (SSSR count). The van der Waals surface area contributed by atoms with Crippen LogP contribution in [0, 0.1) is 11.8 Å². The first-order valence-electron chi connectivity index (χ1n) is 12.9. The number of nitrogens with zero attached hydrogens (tertiary/aromatic N) is 1. The fourth-order valence-electron chi connectivity index (χ4n) is 4.94. The number of piperidine rings is 1. The van der Waals surface area contributed by atoms with E-state index in [1.54, 1.807) is 6.08 Å². The molecule has 1 aliphatic carbocycles. The van der Waals surface area contributed by atoms with E-state index in [0.717, 1.165) is 37.9 Å². The van der Waals surface area contributed by atoms with Crippen LogP contribution in [0.4, 0.5) is 18.9 Å². The van der Waals surface area contributed by atoms with Crippen molar-refractivity contribution in [3.05, 3.63) is 77.9 Å². The predicted octanol–water partition coefficient (Wildman–Crippen LogP) is 4.00. The summed E-state index contributed by atoms with van der Waals surface area (Å²) in [6.07, 6.45) is 2.53. The normalized spacial score (nSPS) is 22.2. The number of benzene rings is 2. The van der Waals surface area contributed by atoms with Crippen molar-refractivity contribution in [2.45, 2.75) is 50.9 Å². The zero-order valence-corrected chi connectivity index (χ0v) is 21.2. The molecule has 3 aliphatic rings. The summed E-state index contributed by atoms with van der Waals surface area (Å²) in [6.45, 7) is 2.14. The van der Waals surface area contributed by atoms with Crippen molar-refractivity contribution in [1.29, 1.82) is 0 Å². The molecule has 1 saturated carbocycles. The molecule has 0 radical (unpaired) electrons. The second-order valence-electron chi connectivity index (χ2n) is 9.97. The van der Waals surface area contributed by atoms with Gasteiger partial charge in [0.1, 0.15) is 0 Å². The van der Waals surface area contributed by atoms with Crippen LogP contribution in [0.15, 0.2) is 66.7 Å². The Morgan fingerprint density at radius 1 is 1.11 bits per heavy atom. The summed E-state index contributed by atoms with van der Waals surface area (Å²) < 4.78 is 32.5. The molecule has 2 heterocycles. The molecule has 2 aromatic rings. The molecular formula is C29H32F3N3O3. The topological polar surface area (TPSA) is 78.5 Å². The number of amides is 2. The first-order valence-corrected chi connectivity index (χ1v) is 12.9. The Morgan fingerprint density at radius 3 is 2.42 bits per heavy atom. The lowest BCUT2D eigenvalue weighted by Crippen LogP contribution is -2.46. The lowest BCUT2D eigenvalue weighted by Gasteiger charge is -2.20. The van der Waals surface area contributed by atoms with E-state index in [-0.39, 0.29) is 23.9 Å². The first kappa shape index (κ1) is 27.6. The Hall–Kier alpha value is -3.46. The van der Waals surface area contributed by atoms with Gasteiger partial charge in [0, 0.05) is 31.3 Å². The number of nitrogens with one attached hydrogen (secondary N) is 2. The number of Topliss-reactive ketones (excluding diaryl/α,β-unsaturated/α-hetero) is 1. The Kier molecular flexibility index (Phi) is 8.66. The monoisotopic (exact) mass is 527 g/mol. The summed E-state index contributed by atoms with van der Waals surface area (Å²) in [5.41, 5.74) is 3.44. The maximum atomic E-state index is 12.9. The van der Waals surface area contributed by atoms with Crippen LogP contribution < -0.4 is 15.5 Å². The molecule has 0 bridgehead atoms. The van der Waals surface area contributed by atoms with Gasteiger partial charge in [-0.25, -0.2) is 0 Å². The number of ketones is 1. The molecule has 202 valence electrons. The Labute approximate surface area is 220 Å². The molecule has 38 heavy (non-hydrogen) atoms. The van der Waals surface area contributed by atoms with Crippen molar-refractivity contribution in [1.82, 2.24) is 10.6 Å². The van der Waals surface area contributed by atoms with Crippen LogP contribution in [-0.2, 0) is 27.2 Å². The minimum Gasteiger partial charge on any atom is -0.349 e. The average Bonchev–Trinajstić information content (AvgIpc) is 3.33. The molecule has 2 aliphatic heterocycles. The number of hydrogen-bond acceptors (Lipinski definition) is 4. The summed E-state index contributed by atoms with van der Waals surface area (Å²) in [5.74, 6) is -0.559. The van der Waals surface area contributed by atoms with E-state index < -0.39 is 12.0 Å². The predicted molar refractivity (Wildman–Crippen MR) is 138 cm³/mol. The number of aryl methyl sites for hydroxylation is 1. The van der Waals surface area contributed by atoms with E-state index in [9.17, 15) is 27.6 Å². The van der Waals surface area contributed by atoms with Gasteiger partial charge in [-0.3, -0.25) is 14.4 Å². The number of halogens is 3. The summed E-state index contributed by atoms with van der Waals surface area (Å²) in [6, 6.07) is 18.1. The van der Waals surface area contributed by atoms with Gasteiger partial charge in [0.2, 0.25) is 11.7 Å². The quantitative estimate of drug-likeness (QED) is 0.534. The van der Waals surface area contributed by atoms with Crippen molar-refractivity contribution < 1.29 is 27.6 Å². The molecule has 2 N–H and O–H groups in total. The molecule has 4 atom stereocenters. The average molecular weight is 528 g/mol. The standard InChI is InChI=1S/C26H29N3O2.C3H3F3O/c30-24(29-15-14-19-8-4-5-9-23(19)29)13-12-21(11-10-18-6-2-1-3-7-18)28-26(31)25-22-16-20(22)17-27-25;1-2(7)3(4,5)6/h1-9,12-13,20-22,25,27H,10-11,14-17H2,(H,28,31);1H3/b13-12+;/t20-,21-,22?,25?;/m0./s1. The molecule has 2 fully saturated rings. The van der Waals surface area contributed by atoms with Gasteiger partial charge in [-0.15, -0.1) is 0 Å². The third kappa shape index (κ3) is 7.10. The van der Waals surface area contributed by atoms with Crippen LogP contribution in [0.1, 0.15) is 30.9 Å². The van der Waals surface area contributed by atoms with E-state index in [2.05, 4.69) is 28.8 Å². The lowest BCUT2D eigenvalue weighted by molar-refractivity contribution is -0.168. The van der Waals surface area contributed by atoms with Gasteiger partial charge in [0.05, 0.1) is 6.04 Å². The third-order valence-electron chi connectivity index (χ3n) is 7.23. The first-order chi connectivity index (χ1) is 18.1. The number of fused-ring (bicyclic) bond motifs is 2. The summed E-state index contributed by atoms with van der Waals surface area (Å²) >= 11 is 0. The Balaban J connectivity index is 0.000000426. The van der Waals surface area contributed by atoms with E-state index in [1.807, 2.05) is 47.4 Å². The second-order valence-corrected chi connectivity index (χ2v) is 9.97. The highest BCUT2D eigenvalue weighted by Gasteiger charge is 2.51. The summed E-state index contributed by atoms with van der Waals surface area (Å²) in [4.78, 5) is 36.9. The van der Waals surface area contributed by atoms with Gasteiger partial charge < -0.3 is 15.5 Å². The van der Waals surface area contributed by atoms with Gasteiger partial charge >= 0.3 is 6.18 Å². The zero-order chi connectivity index (χ0) is 27.3. The van der Waals surface area contributed by atoms with Crippen molar-refractivity contribution in [2.75, 3.05) is 18.0 Å². The third-order valence-corrected chi connectivity index (χ3v) is 7.23. The smallest absolute Gasteiger partial charge is 0.349 e. The van der Waals surface area contributed by atoms with Gasteiger partial charge in [-0.05, 0) is 61.3 Å². The largest absolute Gasteiger partial charge is 0.449 e. The Morgan fingerprint density at radius 2 is 1.79 bits per heavy atom. The van der Waals surface area contributed by atoms with Crippen LogP contribution in [0.2, 0.25) is 0 Å². The zero-order valence-electron chi connectivity index (χ0n) is 21.2. The highest BCUT2D eigenvalue weighted by atomic mass is 19.4. The lowest BCUT2D eigenvalue weighted by atomic mass is 10.0. The number of hydrogen-bond donors (Lipinski definition) is 2. The second kappa shape index (κ2) is 11.9.